The molecule has 0 fully saturated rings. The number of nitrogens with zero attached hydrogens (tertiary/aromatic N) is 1. The van der Waals surface area contributed by atoms with Crippen molar-refractivity contribution in [3.05, 3.63) is 29.6 Å². The molecule has 1 unspecified atom stereocenters. The van der Waals surface area contributed by atoms with Crippen molar-refractivity contribution in [3.63, 3.8) is 0 Å². The highest BCUT2D eigenvalue weighted by Crippen LogP contribution is 2.17. The zero-order chi connectivity index (χ0) is 13.8. The van der Waals surface area contributed by atoms with Crippen molar-refractivity contribution >= 4 is 20.8 Å². The molecule has 0 bridgehead atoms. The Morgan fingerprint density at radius 3 is 2.72 bits per heavy atom. The van der Waals surface area contributed by atoms with Crippen LogP contribution in [-0.4, -0.2) is 31.2 Å². The van der Waals surface area contributed by atoms with Gasteiger partial charge in [-0.25, -0.2) is 17.5 Å². The van der Waals surface area contributed by atoms with E-state index < -0.39 is 37.1 Å². The standard InChI is InChI=1S/C10H11FN2O3S2/c1-17(14)6-5-13-18(15,16)10-4-2-3-9(11)8(10)7-12/h2-4,13H,5-6H2,1H3. The van der Waals surface area contributed by atoms with Gasteiger partial charge in [0.2, 0.25) is 10.0 Å². The van der Waals surface area contributed by atoms with Crippen LogP contribution in [0.4, 0.5) is 4.39 Å². The van der Waals surface area contributed by atoms with Crippen molar-refractivity contribution in [2.45, 2.75) is 4.90 Å². The van der Waals surface area contributed by atoms with Crippen LogP contribution in [-0.2, 0) is 20.8 Å². The Hall–Kier alpha value is -1.30. The van der Waals surface area contributed by atoms with Gasteiger partial charge in [-0.3, -0.25) is 4.21 Å². The fourth-order valence-electron chi connectivity index (χ4n) is 1.23. The summed E-state index contributed by atoms with van der Waals surface area (Å²) in [5.74, 6) is -0.740. The molecule has 0 aliphatic carbocycles. The Bertz CT molecular complexity index is 608. The summed E-state index contributed by atoms with van der Waals surface area (Å²) in [5.41, 5.74) is -0.525. The SMILES string of the molecule is CS(=O)CCNS(=O)(=O)c1cccc(F)c1C#N. The predicted molar refractivity (Wildman–Crippen MR) is 65.2 cm³/mol. The van der Waals surface area contributed by atoms with Gasteiger partial charge in [0, 0.05) is 29.4 Å². The lowest BCUT2D eigenvalue weighted by Gasteiger charge is -2.07. The van der Waals surface area contributed by atoms with Crippen molar-refractivity contribution in [1.29, 1.82) is 5.26 Å². The van der Waals surface area contributed by atoms with E-state index in [1.807, 2.05) is 0 Å². The van der Waals surface area contributed by atoms with Crippen molar-refractivity contribution in [2.75, 3.05) is 18.6 Å². The second-order valence-electron chi connectivity index (χ2n) is 3.40. The highest BCUT2D eigenvalue weighted by Gasteiger charge is 2.20. The van der Waals surface area contributed by atoms with Gasteiger partial charge in [-0.1, -0.05) is 6.07 Å². The molecule has 0 heterocycles. The molecular weight excluding hydrogens is 279 g/mol. The number of rotatable bonds is 5. The molecule has 0 aliphatic heterocycles. The lowest BCUT2D eigenvalue weighted by atomic mass is 10.2. The molecule has 1 rings (SSSR count). The van der Waals surface area contributed by atoms with E-state index in [2.05, 4.69) is 4.72 Å². The number of benzene rings is 1. The largest absolute Gasteiger partial charge is 0.260 e. The maximum absolute atomic E-state index is 13.3. The van der Waals surface area contributed by atoms with Crippen LogP contribution in [0.1, 0.15) is 5.56 Å². The molecule has 0 radical (unpaired) electrons. The zero-order valence-electron chi connectivity index (χ0n) is 9.51. The Morgan fingerprint density at radius 2 is 2.17 bits per heavy atom. The van der Waals surface area contributed by atoms with Gasteiger partial charge in [0.1, 0.15) is 22.3 Å². The maximum Gasteiger partial charge on any atom is 0.242 e. The van der Waals surface area contributed by atoms with E-state index in [1.54, 1.807) is 0 Å². The first-order valence-electron chi connectivity index (χ1n) is 4.87. The molecule has 1 atom stereocenters. The van der Waals surface area contributed by atoms with Gasteiger partial charge in [-0.15, -0.1) is 0 Å². The van der Waals surface area contributed by atoms with E-state index in [0.717, 1.165) is 12.1 Å². The molecule has 98 valence electrons. The van der Waals surface area contributed by atoms with E-state index >= 15 is 0 Å². The molecule has 8 heteroatoms. The van der Waals surface area contributed by atoms with Crippen LogP contribution >= 0.6 is 0 Å². The van der Waals surface area contributed by atoms with Crippen molar-refractivity contribution in [1.82, 2.24) is 4.72 Å². The summed E-state index contributed by atoms with van der Waals surface area (Å²) < 4.78 is 49.9. The first-order valence-corrected chi connectivity index (χ1v) is 8.08. The third-order valence-electron chi connectivity index (χ3n) is 2.06. The Labute approximate surface area is 107 Å². The fraction of sp³-hybridized carbons (Fsp3) is 0.300. The smallest absolute Gasteiger partial charge is 0.242 e. The monoisotopic (exact) mass is 290 g/mol. The average molecular weight is 290 g/mol. The topological polar surface area (TPSA) is 87.0 Å². The summed E-state index contributed by atoms with van der Waals surface area (Å²) in [5, 5.41) is 8.75. The van der Waals surface area contributed by atoms with Crippen LogP contribution in [0, 0.1) is 17.1 Å². The molecular formula is C10H11FN2O3S2. The highest BCUT2D eigenvalue weighted by molar-refractivity contribution is 7.89. The Kier molecular flexibility index (Phi) is 4.95. The third kappa shape index (κ3) is 3.60. The number of hydrogen-bond donors (Lipinski definition) is 1. The van der Waals surface area contributed by atoms with Crippen molar-refractivity contribution in [2.24, 2.45) is 0 Å². The summed E-state index contributed by atoms with van der Waals surface area (Å²) in [4.78, 5) is -0.410. The van der Waals surface area contributed by atoms with Crippen LogP contribution in [0.3, 0.4) is 0 Å². The molecule has 0 aliphatic rings. The van der Waals surface area contributed by atoms with Gasteiger partial charge in [-0.2, -0.15) is 5.26 Å². The summed E-state index contributed by atoms with van der Waals surface area (Å²) in [6.45, 7) is -0.0349. The molecule has 1 N–H and O–H groups in total. The van der Waals surface area contributed by atoms with Crippen LogP contribution in [0.5, 0.6) is 0 Å². The minimum atomic E-state index is -3.97. The summed E-state index contributed by atoms with van der Waals surface area (Å²) in [6.07, 6.45) is 1.44. The van der Waals surface area contributed by atoms with E-state index in [9.17, 15) is 17.0 Å². The van der Waals surface area contributed by atoms with Crippen LogP contribution < -0.4 is 4.72 Å². The number of hydrogen-bond acceptors (Lipinski definition) is 4. The van der Waals surface area contributed by atoms with E-state index in [0.29, 0.717) is 0 Å². The fourth-order valence-corrected chi connectivity index (χ4v) is 2.95. The Morgan fingerprint density at radius 1 is 1.50 bits per heavy atom. The highest BCUT2D eigenvalue weighted by atomic mass is 32.2. The molecule has 5 nitrogen and oxygen atoms in total. The van der Waals surface area contributed by atoms with Gasteiger partial charge in [0.05, 0.1) is 0 Å². The maximum atomic E-state index is 13.3. The molecule has 1 aromatic carbocycles. The molecule has 0 saturated carbocycles. The summed E-state index contributed by atoms with van der Waals surface area (Å²) in [6, 6.07) is 4.88. The number of sulfonamides is 1. The molecule has 0 saturated heterocycles. The quantitative estimate of drug-likeness (QED) is 0.848. The number of halogens is 1. The second kappa shape index (κ2) is 6.04. The number of nitriles is 1. The molecule has 0 aromatic heterocycles. The zero-order valence-corrected chi connectivity index (χ0v) is 11.1. The van der Waals surface area contributed by atoms with Gasteiger partial charge in [-0.05, 0) is 12.1 Å². The van der Waals surface area contributed by atoms with E-state index in [-0.39, 0.29) is 12.3 Å². The minimum Gasteiger partial charge on any atom is -0.260 e. The van der Waals surface area contributed by atoms with Gasteiger partial charge in [0.25, 0.3) is 0 Å². The van der Waals surface area contributed by atoms with Gasteiger partial charge in [0.15, 0.2) is 0 Å². The van der Waals surface area contributed by atoms with Crippen molar-refractivity contribution in [3.8, 4) is 6.07 Å². The molecule has 1 aromatic rings. The molecule has 0 amide bonds. The lowest BCUT2D eigenvalue weighted by molar-refractivity contribution is 0.578. The van der Waals surface area contributed by atoms with Crippen LogP contribution in [0.15, 0.2) is 23.1 Å². The van der Waals surface area contributed by atoms with Crippen molar-refractivity contribution < 1.29 is 17.0 Å². The van der Waals surface area contributed by atoms with E-state index in [1.165, 1.54) is 18.4 Å². The lowest BCUT2D eigenvalue weighted by Crippen LogP contribution is -2.28. The minimum absolute atomic E-state index is 0.0349. The first kappa shape index (κ1) is 14.8. The third-order valence-corrected chi connectivity index (χ3v) is 4.34. The van der Waals surface area contributed by atoms with Gasteiger partial charge >= 0.3 is 0 Å². The summed E-state index contributed by atoms with van der Waals surface area (Å²) in [7, 11) is -5.10. The summed E-state index contributed by atoms with van der Waals surface area (Å²) >= 11 is 0. The predicted octanol–water partition coefficient (Wildman–Crippen LogP) is 0.354. The van der Waals surface area contributed by atoms with E-state index in [4.69, 9.17) is 5.26 Å². The second-order valence-corrected chi connectivity index (χ2v) is 6.69. The first-order chi connectivity index (χ1) is 8.38. The number of nitrogens with one attached hydrogen (secondary N) is 1. The van der Waals surface area contributed by atoms with Crippen LogP contribution in [0.25, 0.3) is 0 Å². The average Bonchev–Trinajstić information content (AvgIpc) is 2.27. The normalized spacial score (nSPS) is 12.9. The van der Waals surface area contributed by atoms with Crippen LogP contribution in [0.2, 0.25) is 0 Å². The molecule has 18 heavy (non-hydrogen) atoms. The molecule has 0 spiro atoms. The van der Waals surface area contributed by atoms with Gasteiger partial charge < -0.3 is 0 Å². The Balaban J connectivity index is 3.03.